The highest BCUT2D eigenvalue weighted by molar-refractivity contribution is 4.88. The van der Waals surface area contributed by atoms with Crippen LogP contribution in [0.15, 0.2) is 0 Å². The summed E-state index contributed by atoms with van der Waals surface area (Å²) in [6, 6.07) is 0.196. The van der Waals surface area contributed by atoms with Crippen molar-refractivity contribution in [3.8, 4) is 12.3 Å². The van der Waals surface area contributed by atoms with Crippen molar-refractivity contribution in [1.29, 1.82) is 0 Å². The molecule has 3 nitrogen and oxygen atoms in total. The van der Waals surface area contributed by atoms with Gasteiger partial charge in [0.1, 0.15) is 0 Å². The molecule has 3 N–H and O–H groups in total. The van der Waals surface area contributed by atoms with Crippen LogP contribution >= 0.6 is 0 Å². The second-order valence-electron chi connectivity index (χ2n) is 2.55. The second kappa shape index (κ2) is 6.17. The van der Waals surface area contributed by atoms with E-state index in [-0.39, 0.29) is 12.6 Å². The van der Waals surface area contributed by atoms with E-state index in [4.69, 9.17) is 16.6 Å². The van der Waals surface area contributed by atoms with Crippen molar-refractivity contribution in [2.75, 3.05) is 13.2 Å². The fourth-order valence-corrected chi connectivity index (χ4v) is 0.651. The molecular weight excluding hydrogens is 142 g/mol. The second-order valence-corrected chi connectivity index (χ2v) is 2.55. The summed E-state index contributed by atoms with van der Waals surface area (Å²) in [4.78, 5) is 0. The van der Waals surface area contributed by atoms with E-state index in [1.54, 1.807) is 0 Å². The molecule has 0 fully saturated rings. The lowest BCUT2D eigenvalue weighted by molar-refractivity contribution is 0.0925. The Morgan fingerprint density at radius 3 is 2.73 bits per heavy atom. The lowest BCUT2D eigenvalue weighted by Gasteiger charge is -2.13. The molecule has 0 aromatic carbocycles. The molecule has 3 heteroatoms. The average molecular weight is 157 g/mol. The van der Waals surface area contributed by atoms with Crippen molar-refractivity contribution in [2.24, 2.45) is 0 Å². The van der Waals surface area contributed by atoms with Crippen molar-refractivity contribution in [3.05, 3.63) is 0 Å². The Morgan fingerprint density at radius 1 is 1.64 bits per heavy atom. The zero-order valence-electron chi connectivity index (χ0n) is 6.75. The molecule has 0 amide bonds. The molecule has 0 aliphatic carbocycles. The monoisotopic (exact) mass is 157 g/mol. The highest BCUT2D eigenvalue weighted by Gasteiger charge is 2.03. The van der Waals surface area contributed by atoms with Gasteiger partial charge in [0, 0.05) is 19.0 Å². The minimum atomic E-state index is -0.685. The van der Waals surface area contributed by atoms with E-state index in [2.05, 4.69) is 11.2 Å². The third-order valence-electron chi connectivity index (χ3n) is 1.34. The molecule has 0 radical (unpaired) electrons. The van der Waals surface area contributed by atoms with Crippen molar-refractivity contribution in [1.82, 2.24) is 5.32 Å². The zero-order chi connectivity index (χ0) is 8.69. The smallest absolute Gasteiger partial charge is 0.0895 e. The molecule has 64 valence electrons. The first kappa shape index (κ1) is 10.4. The topological polar surface area (TPSA) is 52.5 Å². The summed E-state index contributed by atoms with van der Waals surface area (Å²) in [7, 11) is 0. The molecule has 0 aromatic heterocycles. The number of hydrogen-bond donors (Lipinski definition) is 3. The Morgan fingerprint density at radius 2 is 2.27 bits per heavy atom. The number of hydrogen-bond acceptors (Lipinski definition) is 3. The van der Waals surface area contributed by atoms with Gasteiger partial charge in [-0.25, -0.2) is 0 Å². The van der Waals surface area contributed by atoms with Gasteiger partial charge in [0.15, 0.2) is 0 Å². The van der Waals surface area contributed by atoms with E-state index in [0.29, 0.717) is 13.0 Å². The molecule has 0 heterocycles. The number of nitrogens with one attached hydrogen (secondary N) is 1. The number of rotatable bonds is 5. The van der Waals surface area contributed by atoms with E-state index in [9.17, 15) is 0 Å². The number of terminal acetylenes is 1. The van der Waals surface area contributed by atoms with Crippen LogP contribution in [0.2, 0.25) is 0 Å². The summed E-state index contributed by atoms with van der Waals surface area (Å²) >= 11 is 0. The zero-order valence-corrected chi connectivity index (χ0v) is 6.75. The first-order valence-corrected chi connectivity index (χ1v) is 3.66. The lowest BCUT2D eigenvalue weighted by atomic mass is 10.2. The Kier molecular flexibility index (Phi) is 5.86. The van der Waals surface area contributed by atoms with Gasteiger partial charge in [0.2, 0.25) is 0 Å². The van der Waals surface area contributed by atoms with Crippen LogP contribution in [0.5, 0.6) is 0 Å². The molecule has 0 aliphatic heterocycles. The Balaban J connectivity index is 3.31. The minimum absolute atomic E-state index is 0.196. The van der Waals surface area contributed by atoms with E-state index in [1.165, 1.54) is 0 Å². The third kappa shape index (κ3) is 5.86. The van der Waals surface area contributed by atoms with E-state index < -0.39 is 6.10 Å². The average Bonchev–Trinajstić information content (AvgIpc) is 2.01. The highest BCUT2D eigenvalue weighted by Crippen LogP contribution is 1.87. The first-order valence-electron chi connectivity index (χ1n) is 3.66. The quantitative estimate of drug-likeness (QED) is 0.464. The summed E-state index contributed by atoms with van der Waals surface area (Å²) < 4.78 is 0. The molecule has 0 aromatic rings. The van der Waals surface area contributed by atoms with Gasteiger partial charge in [-0.05, 0) is 6.92 Å². The normalized spacial score (nSPS) is 15.5. The summed E-state index contributed by atoms with van der Waals surface area (Å²) in [6.45, 7) is 2.11. The van der Waals surface area contributed by atoms with Crippen LogP contribution in [0.3, 0.4) is 0 Å². The van der Waals surface area contributed by atoms with Crippen molar-refractivity contribution in [3.63, 3.8) is 0 Å². The van der Waals surface area contributed by atoms with E-state index in [0.717, 1.165) is 0 Å². The van der Waals surface area contributed by atoms with Crippen molar-refractivity contribution in [2.45, 2.75) is 25.5 Å². The first-order chi connectivity index (χ1) is 5.20. The SMILES string of the molecule is C#CCC(C)NCC(O)CO. The molecular formula is C8H15NO2. The fraction of sp³-hybridized carbons (Fsp3) is 0.750. The molecule has 0 aliphatic rings. The fourth-order valence-electron chi connectivity index (χ4n) is 0.651. The molecule has 0 bridgehead atoms. The third-order valence-corrected chi connectivity index (χ3v) is 1.34. The van der Waals surface area contributed by atoms with Gasteiger partial charge in [0.05, 0.1) is 12.7 Å². The summed E-state index contributed by atoms with van der Waals surface area (Å²) in [5.74, 6) is 2.50. The van der Waals surface area contributed by atoms with Gasteiger partial charge in [-0.3, -0.25) is 0 Å². The minimum Gasteiger partial charge on any atom is -0.394 e. The van der Waals surface area contributed by atoms with Crippen LogP contribution in [0.25, 0.3) is 0 Å². The number of aliphatic hydroxyl groups is 2. The molecule has 2 unspecified atom stereocenters. The van der Waals surface area contributed by atoms with E-state index in [1.807, 2.05) is 6.92 Å². The summed E-state index contributed by atoms with van der Waals surface area (Å²) in [5, 5.41) is 20.3. The van der Waals surface area contributed by atoms with Crippen LogP contribution in [0, 0.1) is 12.3 Å². The van der Waals surface area contributed by atoms with Gasteiger partial charge < -0.3 is 15.5 Å². The maximum Gasteiger partial charge on any atom is 0.0895 e. The molecule has 0 rings (SSSR count). The Bertz CT molecular complexity index is 131. The van der Waals surface area contributed by atoms with Gasteiger partial charge in [-0.2, -0.15) is 0 Å². The van der Waals surface area contributed by atoms with Gasteiger partial charge >= 0.3 is 0 Å². The molecule has 0 spiro atoms. The lowest BCUT2D eigenvalue weighted by Crippen LogP contribution is -2.35. The van der Waals surface area contributed by atoms with Crippen LogP contribution in [-0.4, -0.2) is 35.5 Å². The number of aliphatic hydroxyl groups excluding tert-OH is 2. The summed E-state index contributed by atoms with van der Waals surface area (Å²) in [6.07, 6.45) is 5.02. The van der Waals surface area contributed by atoms with Crippen molar-refractivity contribution < 1.29 is 10.2 Å². The molecule has 11 heavy (non-hydrogen) atoms. The van der Waals surface area contributed by atoms with E-state index >= 15 is 0 Å². The van der Waals surface area contributed by atoms with Gasteiger partial charge in [-0.15, -0.1) is 12.3 Å². The standard InChI is InChI=1S/C8H15NO2/c1-3-4-7(2)9-5-8(11)6-10/h1,7-11H,4-6H2,2H3. The van der Waals surface area contributed by atoms with Crippen LogP contribution in [0.4, 0.5) is 0 Å². The van der Waals surface area contributed by atoms with Crippen LogP contribution in [0.1, 0.15) is 13.3 Å². The molecule has 0 saturated carbocycles. The van der Waals surface area contributed by atoms with Crippen molar-refractivity contribution >= 4 is 0 Å². The largest absolute Gasteiger partial charge is 0.394 e. The Labute approximate surface area is 67.4 Å². The van der Waals surface area contributed by atoms with Gasteiger partial charge in [-0.1, -0.05) is 0 Å². The maximum absolute atomic E-state index is 8.91. The maximum atomic E-state index is 8.91. The molecule has 2 atom stereocenters. The van der Waals surface area contributed by atoms with Crippen LogP contribution in [-0.2, 0) is 0 Å². The van der Waals surface area contributed by atoms with Crippen LogP contribution < -0.4 is 5.32 Å². The predicted molar refractivity (Wildman–Crippen MR) is 44.0 cm³/mol. The predicted octanol–water partition coefficient (Wildman–Crippen LogP) is -0.659. The molecule has 0 saturated heterocycles. The Hall–Kier alpha value is -0.560. The summed E-state index contributed by atoms with van der Waals surface area (Å²) in [5.41, 5.74) is 0. The highest BCUT2D eigenvalue weighted by atomic mass is 16.3. The van der Waals surface area contributed by atoms with Gasteiger partial charge in [0.25, 0.3) is 0 Å².